The highest BCUT2D eigenvalue weighted by Gasteiger charge is 2.19. The lowest BCUT2D eigenvalue weighted by Gasteiger charge is -2.13. The van der Waals surface area contributed by atoms with Crippen LogP contribution >= 0.6 is 0 Å². The molecule has 0 aliphatic carbocycles. The van der Waals surface area contributed by atoms with Crippen LogP contribution in [-0.4, -0.2) is 165 Å². The van der Waals surface area contributed by atoms with E-state index >= 15 is 0 Å². The summed E-state index contributed by atoms with van der Waals surface area (Å²) in [4.78, 5) is 212. The molecule has 0 unspecified atom stereocenters. The van der Waals surface area contributed by atoms with Gasteiger partial charge < -0.3 is 28.4 Å². The Balaban J connectivity index is -0.000000382. The predicted molar refractivity (Wildman–Crippen MR) is 593 cm³/mol. The van der Waals surface area contributed by atoms with Crippen LogP contribution < -0.4 is 102 Å². The fraction of sp³-hybridized carbons (Fsp3) is 0.543. The quantitative estimate of drug-likeness (QED) is 0.0258. The van der Waals surface area contributed by atoms with Gasteiger partial charge in [-0.2, -0.15) is 0 Å². The fourth-order valence-corrected chi connectivity index (χ4v) is 11.7. The molecule has 42 heteroatoms. The van der Waals surface area contributed by atoms with Crippen LogP contribution in [0.5, 0.6) is 0 Å². The van der Waals surface area contributed by atoms with E-state index in [1.807, 2.05) is 101 Å². The molecule has 828 valence electrons. The van der Waals surface area contributed by atoms with Crippen molar-refractivity contribution in [1.29, 1.82) is 0 Å². The molecule has 0 aromatic carbocycles. The number of hydrogen-bond acceptors (Lipinski definition) is 24. The summed E-state index contributed by atoms with van der Waals surface area (Å²) in [5, 5.41) is 0. The number of rotatable bonds is 53. The highest BCUT2D eigenvalue weighted by Crippen LogP contribution is 2.00. The highest BCUT2D eigenvalue weighted by molar-refractivity contribution is 4.90. The maximum Gasteiger partial charge on any atom is 0.336 e. The van der Waals surface area contributed by atoms with Crippen LogP contribution in [0, 0.1) is 0 Å². The van der Waals surface area contributed by atoms with Gasteiger partial charge in [0.05, 0.1) is 0 Å². The van der Waals surface area contributed by atoms with Crippen LogP contribution in [0.15, 0.2) is 274 Å². The molecule has 42 nitrogen and oxygen atoms in total. The summed E-state index contributed by atoms with van der Waals surface area (Å²) in [5.74, 6) is 0. The van der Waals surface area contributed by atoms with E-state index in [1.165, 1.54) is 74.4 Å². The van der Waals surface area contributed by atoms with Crippen LogP contribution in [0.2, 0.25) is 0 Å². The van der Waals surface area contributed by atoms with E-state index in [0.717, 1.165) is 188 Å². The van der Waals surface area contributed by atoms with Gasteiger partial charge in [0.2, 0.25) is 0 Å². The van der Waals surface area contributed by atoms with E-state index < -0.39 is 102 Å². The first-order valence-corrected chi connectivity index (χ1v) is 48.5. The molecule has 147 heavy (non-hydrogen) atoms. The van der Waals surface area contributed by atoms with Gasteiger partial charge in [0.15, 0.2) is 0 Å². The molecule has 6 rings (SSSR count). The van der Waals surface area contributed by atoms with Crippen molar-refractivity contribution < 1.29 is 28.4 Å². The molecule has 0 spiro atoms. The fourth-order valence-electron chi connectivity index (χ4n) is 11.7. The van der Waals surface area contributed by atoms with Crippen molar-refractivity contribution in [3.8, 4) is 0 Å². The number of hydrogen-bond donors (Lipinski definition) is 0. The average molecular weight is 2070 g/mol. The normalized spacial score (nSPS) is 10.3. The largest absolute Gasteiger partial charge is 0.385 e. The van der Waals surface area contributed by atoms with E-state index in [1.54, 1.807) is 79.1 Å². The zero-order chi connectivity index (χ0) is 113. The molecule has 0 bridgehead atoms. The van der Waals surface area contributed by atoms with Crippen molar-refractivity contribution in [2.24, 2.45) is 63.4 Å². The monoisotopic (exact) mass is 2070 g/mol. The minimum absolute atomic E-state index is 0.219. The Kier molecular flexibility index (Phi) is 90.3. The van der Waals surface area contributed by atoms with E-state index in [9.17, 15) is 86.3 Å². The summed E-state index contributed by atoms with van der Waals surface area (Å²) in [5.41, 5.74) is -10.3. The maximum absolute atomic E-state index is 12.5. The van der Waals surface area contributed by atoms with E-state index in [4.69, 9.17) is 28.4 Å². The molecule has 0 amide bonds. The zero-order valence-electron chi connectivity index (χ0n) is 91.5. The van der Waals surface area contributed by atoms with Crippen LogP contribution in [0.1, 0.15) is 175 Å². The van der Waals surface area contributed by atoms with Gasteiger partial charge >= 0.3 is 102 Å². The number of allylic oxidation sites excluding steroid dienone is 16. The second-order valence-electron chi connectivity index (χ2n) is 31.5. The molecule has 0 aliphatic heterocycles. The third kappa shape index (κ3) is 58.3. The molecule has 6 aromatic rings. The second kappa shape index (κ2) is 92.2. The van der Waals surface area contributed by atoms with Crippen molar-refractivity contribution in [3.63, 3.8) is 0 Å². The molecule has 6 aromatic heterocycles. The summed E-state index contributed by atoms with van der Waals surface area (Å²) < 4.78 is 46.8. The first-order valence-electron chi connectivity index (χ1n) is 48.5. The van der Waals surface area contributed by atoms with Gasteiger partial charge in [0.25, 0.3) is 0 Å². The Morgan fingerprint density at radius 1 is 0.163 bits per heavy atom. The van der Waals surface area contributed by atoms with Gasteiger partial charge in [-0.25, -0.2) is 169 Å². The van der Waals surface area contributed by atoms with Crippen LogP contribution in [0.3, 0.4) is 0 Å². The highest BCUT2D eigenvalue weighted by atomic mass is 16.5. The molecule has 0 N–H and O–H groups in total. The minimum Gasteiger partial charge on any atom is -0.385 e. The molecule has 0 aliphatic rings. The molecule has 0 fully saturated rings. The van der Waals surface area contributed by atoms with E-state index in [-0.39, 0.29) is 52.4 Å². The van der Waals surface area contributed by atoms with Crippen molar-refractivity contribution in [1.82, 2.24) is 82.2 Å². The van der Waals surface area contributed by atoms with Crippen molar-refractivity contribution in [3.05, 3.63) is 377 Å². The first-order chi connectivity index (χ1) is 70.1. The second-order valence-corrected chi connectivity index (χ2v) is 31.5. The Hall–Kier alpha value is -13.7. The lowest BCUT2D eigenvalue weighted by molar-refractivity contribution is 0.193. The third-order valence-electron chi connectivity index (χ3n) is 20.2. The number of nitrogens with zero attached hydrogens (tertiary/aromatic N) is 18. The molecular formula is C105H174N18O24. The third-order valence-corrected chi connectivity index (χ3v) is 20.2. The van der Waals surface area contributed by atoms with Crippen molar-refractivity contribution in [2.45, 2.75) is 234 Å². The maximum atomic E-state index is 12.5. The van der Waals surface area contributed by atoms with Gasteiger partial charge in [-0.1, -0.05) is 115 Å². The topological polar surface area (TPSA) is 451 Å². The van der Waals surface area contributed by atoms with Gasteiger partial charge in [-0.3, -0.25) is 0 Å². The Bertz CT molecular complexity index is 5460. The number of aromatic nitrogens is 18. The van der Waals surface area contributed by atoms with Crippen LogP contribution in [0.25, 0.3) is 0 Å². The summed E-state index contributed by atoms with van der Waals surface area (Å²) in [6, 6.07) is 0. The Labute approximate surface area is 863 Å². The summed E-state index contributed by atoms with van der Waals surface area (Å²) in [6.45, 7) is 54.6. The molecular weight excluding hydrogens is 1900 g/mol. The molecule has 6 heterocycles. The average Bonchev–Trinajstić information content (AvgIpc) is 0.781. The lowest BCUT2D eigenvalue weighted by Crippen LogP contribution is -2.54. The van der Waals surface area contributed by atoms with Crippen molar-refractivity contribution >= 4 is 0 Å². The van der Waals surface area contributed by atoms with Crippen LogP contribution in [0.4, 0.5) is 0 Å². The lowest BCUT2D eigenvalue weighted by atomic mass is 10.2. The predicted octanol–water partition coefficient (Wildman–Crippen LogP) is 7.98. The Morgan fingerprint density at radius 2 is 0.313 bits per heavy atom. The van der Waals surface area contributed by atoms with Gasteiger partial charge in [-0.05, 0) is 175 Å². The minimum atomic E-state index is -0.608. The summed E-state index contributed by atoms with van der Waals surface area (Å²) in [7, 11) is 22.1. The molecule has 0 saturated carbocycles. The molecule has 0 saturated heterocycles. The number of ether oxygens (including phenoxy) is 6. The summed E-state index contributed by atoms with van der Waals surface area (Å²) >= 11 is 0. The molecule has 0 atom stereocenters. The zero-order valence-corrected chi connectivity index (χ0v) is 91.5. The van der Waals surface area contributed by atoms with E-state index in [2.05, 4.69) is 78.4 Å². The molecule has 0 radical (unpaired) electrons. The number of unbranched alkanes of at least 4 members (excludes halogenated alkanes) is 8. The first kappa shape index (κ1) is 144. The van der Waals surface area contributed by atoms with Crippen LogP contribution in [-0.2, 0) is 151 Å². The van der Waals surface area contributed by atoms with E-state index in [0.29, 0.717) is 77.2 Å². The van der Waals surface area contributed by atoms with Crippen molar-refractivity contribution in [2.75, 3.05) is 82.3 Å². The van der Waals surface area contributed by atoms with Gasteiger partial charge in [0.1, 0.15) is 0 Å². The standard InChI is InChI=1S/2C18H27N3O3.C16H23N3O3.C7H14O.3C6H9N3O3.3C6H12O.2C5H10O/c1-4-7-10-12-15-21-17(23)19(13-9-6-3)16(22)20(18(21)24)14-11-8-5-2;1-4-7-10-13-19-16(22)20(14-11-8-5-2)18(24)21(17(19)23)15-12-9-6-3;1-4-7-10-13-19-15(21)17(11-8-5-2)14(20)18(16(19)22)12-9-6-3;1-3-4-5-6-7-8-2;3*1-7-4(10)8(2)6(12)9(3)5(7)11;3*1-3-4-5-6-7-2;2*1-3-4-5-6-2/h4-6H,1-3,7-15H2;4-9H,10-15H2,1-3H3;4-6H,1-3,7-13H2;3H,1,4-7H2,2H3;3*1-3H3;3-4H,5-6H2,1-2H3;2*3H,1,4-6H2,2H3;2*3H,1,4-5H2,2H3/b;7-4+,8-5+,9-6+;;;;;;4-3+;;;;. The van der Waals surface area contributed by atoms with Gasteiger partial charge in [-0.15, -0.1) is 72.4 Å². The number of methoxy groups -OCH3 is 6. The smallest absolute Gasteiger partial charge is 0.336 e. The Morgan fingerprint density at radius 3 is 0.497 bits per heavy atom. The van der Waals surface area contributed by atoms with Gasteiger partial charge in [0, 0.05) is 205 Å². The summed E-state index contributed by atoms with van der Waals surface area (Å²) in [6.07, 6.45) is 54.0. The SMILES string of the molecule is C/C=C/CCOC.C/C=C/CCn1c(=O)n(CC/C=C/C)c(=O)n(CC/C=C/C)c1=O.C=CCCCCOC.C=CCCCCn1c(=O)n(CCC=C)c(=O)n(CCCC=C)c1=O.C=CCCCOC.C=CCCCOC.C=CCCCn1c(=O)n(CCC=C)c(=O)n(CCC=C)c1=O.C=CCCOC.C=CCCOC.Cn1c(=O)n(C)c(=O)n(C)c1=O.Cn1c(=O)n(C)c(=O)n(C)c1=O.Cn1c(=O)n(C)c(=O)n(C)c1=O.